The molecule has 0 amide bonds. The first-order valence-corrected chi connectivity index (χ1v) is 27.9. The van der Waals surface area contributed by atoms with Gasteiger partial charge in [-0.05, 0) is 29.0 Å². The molecule has 0 bridgehead atoms. The quantitative estimate of drug-likeness (QED) is 0.166. The SMILES string of the molecule is [2H]C([2H])([2H])c1cc(-n2c3ccccc3c3ccc(Oc4cccc(-n5[c](=[Pt])n(-c6c7c(cc8c6C6(CCc9ccccc96)CC8)CCC76CCc7ccccc76)c6ccccc65)c4)cc32)ncc1-c1ccc(C(C)(C)C)cc1. The minimum absolute atomic E-state index is 0.0289. The average Bonchev–Trinajstić information content (AvgIpc) is 4.29. The Morgan fingerprint density at radius 1 is 0.533 bits per heavy atom. The summed E-state index contributed by atoms with van der Waals surface area (Å²) < 4.78 is 41.5. The summed E-state index contributed by atoms with van der Waals surface area (Å²) in [5, 5.41) is 2.07. The Kier molecular flexibility index (Phi) is 9.28. The second-order valence-corrected chi connectivity index (χ2v) is 23.7. The normalized spacial score (nSPS) is 19.2. The number of para-hydroxylation sites is 3. The summed E-state index contributed by atoms with van der Waals surface area (Å²) in [6, 6.07) is 63.1. The molecule has 15 rings (SSSR count). The Balaban J connectivity index is 0.864. The molecule has 4 aliphatic rings. The molecule has 3 aromatic heterocycles. The van der Waals surface area contributed by atoms with Gasteiger partial charge < -0.3 is 0 Å². The topological polar surface area (TPSA) is 36.9 Å². The van der Waals surface area contributed by atoms with Gasteiger partial charge in [-0.15, -0.1) is 0 Å². The number of imidazole rings is 1. The number of fused-ring (bicyclic) bond motifs is 12. The van der Waals surface area contributed by atoms with E-state index in [1.54, 1.807) is 23.4 Å². The molecule has 0 fully saturated rings. The van der Waals surface area contributed by atoms with E-state index in [2.05, 4.69) is 187 Å². The number of hydrogen-bond acceptors (Lipinski definition) is 2. The van der Waals surface area contributed by atoms with Crippen LogP contribution in [0.4, 0.5) is 0 Å². The van der Waals surface area contributed by atoms with Gasteiger partial charge in [-0.3, -0.25) is 0 Å². The maximum atomic E-state index is 8.74. The van der Waals surface area contributed by atoms with Crippen LogP contribution in [0.15, 0.2) is 182 Å². The molecular formula is C69H58N4OPt. The van der Waals surface area contributed by atoms with E-state index in [0.717, 1.165) is 93.7 Å². The molecule has 75 heavy (non-hydrogen) atoms. The molecule has 2 unspecified atom stereocenters. The van der Waals surface area contributed by atoms with Crippen LogP contribution in [0.25, 0.3) is 61.2 Å². The maximum absolute atomic E-state index is 8.74. The van der Waals surface area contributed by atoms with E-state index in [9.17, 15) is 0 Å². The van der Waals surface area contributed by atoms with Crippen molar-refractivity contribution >= 4 is 32.8 Å². The van der Waals surface area contributed by atoms with Crippen molar-refractivity contribution in [2.24, 2.45) is 0 Å². The summed E-state index contributed by atoms with van der Waals surface area (Å²) in [6.45, 7) is 4.15. The second kappa shape index (κ2) is 16.6. The molecule has 8 aromatic carbocycles. The molecule has 2 atom stereocenters. The van der Waals surface area contributed by atoms with Gasteiger partial charge in [-0.25, -0.2) is 0 Å². The summed E-state index contributed by atoms with van der Waals surface area (Å²) in [5.41, 5.74) is 21.6. The van der Waals surface area contributed by atoms with Crippen LogP contribution in [0.5, 0.6) is 11.5 Å². The van der Waals surface area contributed by atoms with Crippen LogP contribution >= 0.6 is 0 Å². The van der Waals surface area contributed by atoms with Crippen molar-refractivity contribution in [1.82, 2.24) is 18.7 Å². The van der Waals surface area contributed by atoms with Gasteiger partial charge in [0.2, 0.25) is 0 Å². The van der Waals surface area contributed by atoms with Crippen molar-refractivity contribution in [2.45, 2.75) is 95.2 Å². The zero-order valence-corrected chi connectivity index (χ0v) is 44.8. The minimum atomic E-state index is -2.38. The number of nitrogens with zero attached hydrogens (tertiary/aromatic N) is 4. The third kappa shape index (κ3) is 6.66. The Labute approximate surface area is 453 Å². The molecular weight excluding hydrogens is 1100 g/mol. The zero-order valence-electron chi connectivity index (χ0n) is 45.5. The molecule has 370 valence electrons. The monoisotopic (exact) mass is 1160 g/mol. The third-order valence-electron chi connectivity index (χ3n) is 17.8. The van der Waals surface area contributed by atoms with E-state index < -0.39 is 6.85 Å². The van der Waals surface area contributed by atoms with Gasteiger partial charge in [-0.1, -0.05) is 57.2 Å². The number of ether oxygens (including phenoxy) is 1. The van der Waals surface area contributed by atoms with Gasteiger partial charge in [0.15, 0.2) is 0 Å². The Morgan fingerprint density at radius 2 is 1.12 bits per heavy atom. The first-order valence-electron chi connectivity index (χ1n) is 28.3. The van der Waals surface area contributed by atoms with Crippen LogP contribution in [0, 0.1) is 10.7 Å². The number of aromatic nitrogens is 4. The molecule has 5 nitrogen and oxygen atoms in total. The molecule has 0 saturated heterocycles. The van der Waals surface area contributed by atoms with E-state index in [-0.39, 0.29) is 21.8 Å². The summed E-state index contributed by atoms with van der Waals surface area (Å²) in [7, 11) is 0. The van der Waals surface area contributed by atoms with Crippen LogP contribution in [-0.4, -0.2) is 18.7 Å². The van der Waals surface area contributed by atoms with Crippen molar-refractivity contribution in [3.05, 3.63) is 242 Å². The molecule has 0 aliphatic heterocycles. The average molecular weight is 1160 g/mol. The van der Waals surface area contributed by atoms with Crippen LogP contribution in [0.3, 0.4) is 0 Å². The van der Waals surface area contributed by atoms with E-state index in [1.807, 2.05) is 36.4 Å². The molecule has 0 saturated carbocycles. The van der Waals surface area contributed by atoms with Crippen LogP contribution in [0.1, 0.15) is 106 Å². The number of rotatable bonds is 6. The van der Waals surface area contributed by atoms with Gasteiger partial charge >= 0.3 is 354 Å². The van der Waals surface area contributed by atoms with Gasteiger partial charge in [-0.2, -0.15) is 0 Å². The van der Waals surface area contributed by atoms with Crippen LogP contribution in [0.2, 0.25) is 0 Å². The number of benzene rings is 8. The van der Waals surface area contributed by atoms with Crippen molar-refractivity contribution in [2.75, 3.05) is 0 Å². The molecule has 0 N–H and O–H groups in total. The fraction of sp³-hybridized carbons (Fsp3) is 0.217. The Hall–Kier alpha value is -7.33. The number of hydrogen-bond donors (Lipinski definition) is 0. The van der Waals surface area contributed by atoms with Gasteiger partial charge in [0, 0.05) is 15.9 Å². The van der Waals surface area contributed by atoms with Crippen molar-refractivity contribution in [3.63, 3.8) is 0 Å². The summed E-state index contributed by atoms with van der Waals surface area (Å²) >= 11 is 2.63. The number of aryl methyl sites for hydroxylation is 5. The predicted octanol–water partition coefficient (Wildman–Crippen LogP) is 16.4. The van der Waals surface area contributed by atoms with E-state index >= 15 is 0 Å². The first kappa shape index (κ1) is 42.0. The zero-order chi connectivity index (χ0) is 52.9. The second-order valence-electron chi connectivity index (χ2n) is 22.7. The Morgan fingerprint density at radius 3 is 1.79 bits per heavy atom. The standard InChI is InChI=1S/C69H58N4O.Pt/c1-44-38-63(70-42-56(44)45-24-26-50(27-25-45)67(2,3)4)73-59-21-10-7-18-54(59)55-29-28-53(41-62(55)73)74-52-17-13-16-51(40-52)71-43-72(61-23-12-11-22-60(61)71)66-64-48(32-36-68(64)34-30-46-14-5-8-19-57(46)68)39-49-33-37-69(65(49)66)35-31-47-15-6-9-20-58(47)69;/h5-29,38-42H,30-37H2,1-4H3;/i1D3;. The number of pyridine rings is 1. The Bertz CT molecular complexity index is 4290. The molecule has 4 aliphatic carbocycles. The third-order valence-corrected chi connectivity index (χ3v) is 18.9. The van der Waals surface area contributed by atoms with E-state index in [0.29, 0.717) is 22.9 Å². The summed E-state index contributed by atoms with van der Waals surface area (Å²) in [4.78, 5) is 5.03. The van der Waals surface area contributed by atoms with Crippen LogP contribution in [-0.2, 0) is 61.3 Å². The summed E-state index contributed by atoms with van der Waals surface area (Å²) in [6.07, 6.45) is 10.7. The van der Waals surface area contributed by atoms with E-state index in [1.165, 1.54) is 50.1 Å². The van der Waals surface area contributed by atoms with Crippen molar-refractivity contribution < 1.29 is 28.2 Å². The molecule has 0 radical (unpaired) electrons. The summed E-state index contributed by atoms with van der Waals surface area (Å²) in [5.74, 6) is 1.91. The fourth-order valence-electron chi connectivity index (χ4n) is 14.4. The molecule has 6 heteroatoms. The van der Waals surface area contributed by atoms with Crippen molar-refractivity contribution in [1.29, 1.82) is 0 Å². The van der Waals surface area contributed by atoms with Gasteiger partial charge in [0.25, 0.3) is 0 Å². The van der Waals surface area contributed by atoms with Crippen molar-refractivity contribution in [3.8, 4) is 39.8 Å². The van der Waals surface area contributed by atoms with E-state index in [4.69, 9.17) is 13.8 Å². The van der Waals surface area contributed by atoms with Gasteiger partial charge in [0.1, 0.15) is 0 Å². The molecule has 11 aromatic rings. The van der Waals surface area contributed by atoms with Crippen LogP contribution < -0.4 is 4.74 Å². The fourth-order valence-corrected chi connectivity index (χ4v) is 15.5. The predicted molar refractivity (Wildman–Crippen MR) is 301 cm³/mol. The molecule has 3 heterocycles. The van der Waals surface area contributed by atoms with Gasteiger partial charge in [0.05, 0.1) is 0 Å². The minimum Gasteiger partial charge on any atom is -0.0579 e. The smallest absolute Gasteiger partial charge is 0.0579 e. The molecule has 2 spiro atoms. The first-order chi connectivity index (χ1) is 37.8.